The van der Waals surface area contributed by atoms with Crippen molar-refractivity contribution in [3.05, 3.63) is 65.5 Å². The number of aryl methyl sites for hydroxylation is 2. The second kappa shape index (κ2) is 7.66. The molecule has 0 aliphatic rings. The highest BCUT2D eigenvalue weighted by molar-refractivity contribution is 8.00. The predicted octanol–water partition coefficient (Wildman–Crippen LogP) is 4.23. The first-order chi connectivity index (χ1) is 12.4. The number of phenols is 1. The van der Waals surface area contributed by atoms with Crippen molar-refractivity contribution in [3.8, 4) is 11.4 Å². The van der Waals surface area contributed by atoms with Crippen molar-refractivity contribution in [3.63, 3.8) is 0 Å². The zero-order chi connectivity index (χ0) is 18.7. The first kappa shape index (κ1) is 18.1. The number of aromatic hydroxyl groups is 1. The fourth-order valence-electron chi connectivity index (χ4n) is 2.63. The fraction of sp³-hybridized carbons (Fsp3) is 0.200. The number of hydrogen-bond acceptors (Lipinski definition) is 4. The Bertz CT molecular complexity index is 915. The number of anilines is 1. The van der Waals surface area contributed by atoms with E-state index in [0.29, 0.717) is 5.75 Å². The monoisotopic (exact) mass is 367 g/mol. The second-order valence-corrected chi connectivity index (χ2v) is 7.17. The highest BCUT2D eigenvalue weighted by atomic mass is 32.2. The minimum Gasteiger partial charge on any atom is -0.508 e. The highest BCUT2D eigenvalue weighted by Crippen LogP contribution is 2.25. The minimum atomic E-state index is -0.0854. The predicted molar refractivity (Wildman–Crippen MR) is 105 cm³/mol. The Morgan fingerprint density at radius 2 is 1.73 bits per heavy atom. The lowest BCUT2D eigenvalue weighted by Crippen LogP contribution is -2.15. The molecule has 0 aliphatic carbocycles. The molecule has 5 nitrogen and oxygen atoms in total. The van der Waals surface area contributed by atoms with Gasteiger partial charge in [-0.1, -0.05) is 17.7 Å². The standard InChI is InChI=1S/C20H21N3O2S/c1-13-4-6-16(7-5-13)23-15(3)20(14(2)22-23)21-19(25)12-26-18-10-8-17(24)9-11-18/h4-11,24H,12H2,1-3H3,(H,21,25). The number of benzene rings is 2. The summed E-state index contributed by atoms with van der Waals surface area (Å²) in [5, 5.41) is 16.8. The second-order valence-electron chi connectivity index (χ2n) is 6.12. The average molecular weight is 367 g/mol. The molecular formula is C20H21N3O2S. The normalized spacial score (nSPS) is 10.7. The van der Waals surface area contributed by atoms with E-state index in [1.165, 1.54) is 17.3 Å². The van der Waals surface area contributed by atoms with Gasteiger partial charge in [0.25, 0.3) is 0 Å². The maximum Gasteiger partial charge on any atom is 0.234 e. The number of carbonyl (C=O) groups excluding carboxylic acids is 1. The van der Waals surface area contributed by atoms with Gasteiger partial charge in [-0.25, -0.2) is 4.68 Å². The van der Waals surface area contributed by atoms with Crippen molar-refractivity contribution < 1.29 is 9.90 Å². The van der Waals surface area contributed by atoms with Gasteiger partial charge in [0.15, 0.2) is 0 Å². The Morgan fingerprint density at radius 1 is 1.08 bits per heavy atom. The molecule has 1 heterocycles. The zero-order valence-electron chi connectivity index (χ0n) is 15.0. The van der Waals surface area contributed by atoms with E-state index in [1.54, 1.807) is 24.3 Å². The third-order valence-electron chi connectivity index (χ3n) is 4.04. The molecule has 0 radical (unpaired) electrons. The lowest BCUT2D eigenvalue weighted by molar-refractivity contribution is -0.113. The van der Waals surface area contributed by atoms with Gasteiger partial charge in [0.1, 0.15) is 5.75 Å². The van der Waals surface area contributed by atoms with Crippen LogP contribution >= 0.6 is 11.8 Å². The number of amides is 1. The molecule has 0 unspecified atom stereocenters. The largest absolute Gasteiger partial charge is 0.508 e. The van der Waals surface area contributed by atoms with E-state index in [4.69, 9.17) is 0 Å². The van der Waals surface area contributed by atoms with Gasteiger partial charge in [0.2, 0.25) is 5.91 Å². The van der Waals surface area contributed by atoms with Crippen LogP contribution in [0.2, 0.25) is 0 Å². The molecule has 3 rings (SSSR count). The number of rotatable bonds is 5. The summed E-state index contributed by atoms with van der Waals surface area (Å²) in [6, 6.07) is 14.9. The minimum absolute atomic E-state index is 0.0854. The molecule has 2 aromatic carbocycles. The summed E-state index contributed by atoms with van der Waals surface area (Å²) < 4.78 is 1.84. The quantitative estimate of drug-likeness (QED) is 0.662. The molecule has 6 heteroatoms. The SMILES string of the molecule is Cc1ccc(-n2nc(C)c(NC(=O)CSc3ccc(O)cc3)c2C)cc1. The summed E-state index contributed by atoms with van der Waals surface area (Å²) in [4.78, 5) is 13.3. The van der Waals surface area contributed by atoms with Crippen molar-refractivity contribution in [2.45, 2.75) is 25.7 Å². The van der Waals surface area contributed by atoms with Gasteiger partial charge in [-0.15, -0.1) is 11.8 Å². The molecule has 0 fully saturated rings. The first-order valence-corrected chi connectivity index (χ1v) is 9.27. The lowest BCUT2D eigenvalue weighted by Gasteiger charge is -2.07. The van der Waals surface area contributed by atoms with Gasteiger partial charge >= 0.3 is 0 Å². The summed E-state index contributed by atoms with van der Waals surface area (Å²) >= 11 is 1.42. The zero-order valence-corrected chi connectivity index (χ0v) is 15.8. The maximum atomic E-state index is 12.3. The Balaban J connectivity index is 1.70. The Labute approximate surface area is 157 Å². The van der Waals surface area contributed by atoms with Gasteiger partial charge in [0.05, 0.1) is 28.5 Å². The van der Waals surface area contributed by atoms with Crippen molar-refractivity contribution >= 4 is 23.4 Å². The first-order valence-electron chi connectivity index (χ1n) is 8.29. The van der Waals surface area contributed by atoms with Gasteiger partial charge in [-0.3, -0.25) is 4.79 Å². The summed E-state index contributed by atoms with van der Waals surface area (Å²) in [6.45, 7) is 5.88. The van der Waals surface area contributed by atoms with E-state index in [1.807, 2.05) is 49.7 Å². The summed E-state index contributed by atoms with van der Waals surface area (Å²) in [6.07, 6.45) is 0. The van der Waals surface area contributed by atoms with Crippen LogP contribution in [0, 0.1) is 20.8 Å². The Kier molecular flexibility index (Phi) is 5.32. The van der Waals surface area contributed by atoms with Gasteiger partial charge in [-0.2, -0.15) is 5.10 Å². The van der Waals surface area contributed by atoms with Gasteiger partial charge in [-0.05, 0) is 57.2 Å². The molecule has 0 saturated carbocycles. The van der Waals surface area contributed by atoms with E-state index in [0.717, 1.165) is 27.7 Å². The smallest absolute Gasteiger partial charge is 0.234 e. The number of phenolic OH excluding ortho intramolecular Hbond substituents is 1. The topological polar surface area (TPSA) is 67.2 Å². The number of carbonyl (C=O) groups is 1. The van der Waals surface area contributed by atoms with E-state index < -0.39 is 0 Å². The maximum absolute atomic E-state index is 12.3. The van der Waals surface area contributed by atoms with Crippen LogP contribution in [0.25, 0.3) is 5.69 Å². The van der Waals surface area contributed by atoms with Crippen molar-refractivity contribution in [2.75, 3.05) is 11.1 Å². The van der Waals surface area contributed by atoms with Crippen LogP contribution < -0.4 is 5.32 Å². The summed E-state index contributed by atoms with van der Waals surface area (Å²) in [5.41, 5.74) is 4.59. The molecule has 0 aliphatic heterocycles. The Hall–Kier alpha value is -2.73. The molecular weight excluding hydrogens is 346 g/mol. The number of thioether (sulfide) groups is 1. The van der Waals surface area contributed by atoms with Crippen molar-refractivity contribution in [1.29, 1.82) is 0 Å². The van der Waals surface area contributed by atoms with Crippen LogP contribution in [0.4, 0.5) is 5.69 Å². The van der Waals surface area contributed by atoms with Crippen LogP contribution in [0.1, 0.15) is 17.0 Å². The van der Waals surface area contributed by atoms with Crippen LogP contribution in [0.5, 0.6) is 5.75 Å². The molecule has 3 aromatic rings. The van der Waals surface area contributed by atoms with Gasteiger partial charge in [0, 0.05) is 4.90 Å². The number of nitrogens with zero attached hydrogens (tertiary/aromatic N) is 2. The molecule has 0 atom stereocenters. The third-order valence-corrected chi connectivity index (χ3v) is 5.05. The average Bonchev–Trinajstić information content (AvgIpc) is 2.90. The lowest BCUT2D eigenvalue weighted by atomic mass is 10.2. The molecule has 1 aromatic heterocycles. The number of aromatic nitrogens is 2. The third kappa shape index (κ3) is 4.08. The molecule has 26 heavy (non-hydrogen) atoms. The molecule has 2 N–H and O–H groups in total. The van der Waals surface area contributed by atoms with E-state index in [-0.39, 0.29) is 11.7 Å². The molecule has 134 valence electrons. The molecule has 1 amide bonds. The molecule has 0 bridgehead atoms. The van der Waals surface area contributed by atoms with E-state index in [2.05, 4.69) is 10.4 Å². The van der Waals surface area contributed by atoms with Crippen molar-refractivity contribution in [2.24, 2.45) is 0 Å². The van der Waals surface area contributed by atoms with Gasteiger partial charge < -0.3 is 10.4 Å². The van der Waals surface area contributed by atoms with Crippen LogP contribution in [0.15, 0.2) is 53.4 Å². The van der Waals surface area contributed by atoms with Crippen LogP contribution in [-0.4, -0.2) is 26.5 Å². The fourth-order valence-corrected chi connectivity index (χ4v) is 3.33. The summed E-state index contributed by atoms with van der Waals surface area (Å²) in [5.74, 6) is 0.422. The van der Waals surface area contributed by atoms with E-state index >= 15 is 0 Å². The van der Waals surface area contributed by atoms with Crippen molar-refractivity contribution in [1.82, 2.24) is 9.78 Å². The highest BCUT2D eigenvalue weighted by Gasteiger charge is 2.15. The summed E-state index contributed by atoms with van der Waals surface area (Å²) in [7, 11) is 0. The Morgan fingerprint density at radius 3 is 2.38 bits per heavy atom. The van der Waals surface area contributed by atoms with Crippen LogP contribution in [0.3, 0.4) is 0 Å². The molecule has 0 spiro atoms. The number of nitrogens with one attached hydrogen (secondary N) is 1. The number of hydrogen-bond donors (Lipinski definition) is 2. The van der Waals surface area contributed by atoms with Crippen LogP contribution in [-0.2, 0) is 4.79 Å². The molecule has 0 saturated heterocycles. The van der Waals surface area contributed by atoms with E-state index in [9.17, 15) is 9.90 Å².